The van der Waals surface area contributed by atoms with Crippen LogP contribution in [-0.4, -0.2) is 9.97 Å². The number of nitrogens with zero attached hydrogens (tertiary/aromatic N) is 1. The summed E-state index contributed by atoms with van der Waals surface area (Å²) in [6.07, 6.45) is 2.22. The third kappa shape index (κ3) is 2.19. The summed E-state index contributed by atoms with van der Waals surface area (Å²) in [4.78, 5) is 20.0. The summed E-state index contributed by atoms with van der Waals surface area (Å²) in [6.45, 7) is 0. The van der Waals surface area contributed by atoms with Crippen LogP contribution >= 0.6 is 38.9 Å². The average Bonchev–Trinajstić information content (AvgIpc) is 3.05. The van der Waals surface area contributed by atoms with E-state index >= 15 is 0 Å². The molecule has 0 aliphatic heterocycles. The third-order valence-electron chi connectivity index (χ3n) is 2.65. The molecule has 0 amide bonds. The van der Waals surface area contributed by atoms with Crippen molar-refractivity contribution < 1.29 is 0 Å². The molecule has 0 atom stereocenters. The fraction of sp³-hybridized carbons (Fsp3) is 0.273. The number of H-pyrrole nitrogens is 1. The number of halogens is 2. The van der Waals surface area contributed by atoms with Gasteiger partial charge < -0.3 is 4.98 Å². The lowest BCUT2D eigenvalue weighted by Gasteiger charge is -2.03. The highest BCUT2D eigenvalue weighted by Crippen LogP contribution is 2.41. The van der Waals surface area contributed by atoms with Gasteiger partial charge in [0.1, 0.15) is 4.47 Å². The minimum Gasteiger partial charge on any atom is -0.305 e. The number of aromatic amines is 1. The molecule has 17 heavy (non-hydrogen) atoms. The van der Waals surface area contributed by atoms with Crippen LogP contribution in [0.15, 0.2) is 20.7 Å². The molecule has 0 unspecified atom stereocenters. The molecule has 2 aromatic heterocycles. The van der Waals surface area contributed by atoms with Crippen molar-refractivity contribution >= 4 is 38.9 Å². The van der Waals surface area contributed by atoms with Gasteiger partial charge in [-0.05, 0) is 34.8 Å². The molecule has 88 valence electrons. The largest absolute Gasteiger partial charge is 0.305 e. The smallest absolute Gasteiger partial charge is 0.265 e. The van der Waals surface area contributed by atoms with E-state index in [1.165, 1.54) is 11.3 Å². The molecule has 1 fully saturated rings. The predicted molar refractivity (Wildman–Crippen MR) is 72.9 cm³/mol. The standard InChI is InChI=1S/C11H8BrClN2OS/c12-8-9(5-1-2-5)14-10(15-11(8)16)7-3-6(13)4-17-7/h3-5H,1-2H2,(H,14,15,16). The van der Waals surface area contributed by atoms with Crippen LogP contribution in [-0.2, 0) is 0 Å². The van der Waals surface area contributed by atoms with Crippen molar-refractivity contribution in [3.8, 4) is 10.7 Å². The average molecular weight is 332 g/mol. The number of nitrogens with one attached hydrogen (secondary N) is 1. The van der Waals surface area contributed by atoms with Gasteiger partial charge in [-0.1, -0.05) is 11.6 Å². The second-order valence-corrected chi connectivity index (χ2v) is 6.16. The maximum atomic E-state index is 11.8. The van der Waals surface area contributed by atoms with Crippen LogP contribution in [0.1, 0.15) is 24.5 Å². The minimum atomic E-state index is -0.124. The summed E-state index contributed by atoms with van der Waals surface area (Å²) in [7, 11) is 0. The van der Waals surface area contributed by atoms with E-state index in [1.54, 1.807) is 0 Å². The monoisotopic (exact) mass is 330 g/mol. The molecule has 1 aliphatic rings. The Kier molecular flexibility index (Phi) is 2.84. The van der Waals surface area contributed by atoms with Crippen LogP contribution in [0, 0.1) is 0 Å². The number of thiophene rings is 1. The van der Waals surface area contributed by atoms with Crippen molar-refractivity contribution in [3.63, 3.8) is 0 Å². The number of rotatable bonds is 2. The van der Waals surface area contributed by atoms with Gasteiger partial charge in [0.25, 0.3) is 5.56 Å². The Morgan fingerprint density at radius 2 is 2.29 bits per heavy atom. The van der Waals surface area contributed by atoms with E-state index in [2.05, 4.69) is 25.9 Å². The molecule has 6 heteroatoms. The summed E-state index contributed by atoms with van der Waals surface area (Å²) < 4.78 is 0.561. The first-order chi connectivity index (χ1) is 8.15. The lowest BCUT2D eigenvalue weighted by molar-refractivity contribution is 0.962. The van der Waals surface area contributed by atoms with Crippen molar-refractivity contribution in [1.29, 1.82) is 0 Å². The number of hydrogen-bond donors (Lipinski definition) is 1. The Balaban J connectivity index is 2.14. The molecule has 1 N–H and O–H groups in total. The zero-order chi connectivity index (χ0) is 12.0. The fourth-order valence-corrected chi connectivity index (χ4v) is 3.19. The van der Waals surface area contributed by atoms with Crippen molar-refractivity contribution in [1.82, 2.24) is 9.97 Å². The van der Waals surface area contributed by atoms with Gasteiger partial charge >= 0.3 is 0 Å². The van der Waals surface area contributed by atoms with Crippen LogP contribution in [0.5, 0.6) is 0 Å². The summed E-state index contributed by atoms with van der Waals surface area (Å²) in [5, 5.41) is 2.50. The molecule has 0 spiro atoms. The van der Waals surface area contributed by atoms with Crippen molar-refractivity contribution in [3.05, 3.63) is 37.0 Å². The van der Waals surface area contributed by atoms with E-state index in [0.29, 0.717) is 21.2 Å². The molecule has 0 saturated heterocycles. The zero-order valence-electron chi connectivity index (χ0n) is 8.67. The van der Waals surface area contributed by atoms with Crippen LogP contribution in [0.4, 0.5) is 0 Å². The second kappa shape index (κ2) is 4.23. The molecule has 1 saturated carbocycles. The van der Waals surface area contributed by atoms with Gasteiger partial charge in [0.15, 0.2) is 5.82 Å². The van der Waals surface area contributed by atoms with E-state index in [-0.39, 0.29) is 5.56 Å². The zero-order valence-corrected chi connectivity index (χ0v) is 11.8. The van der Waals surface area contributed by atoms with Crippen LogP contribution in [0.2, 0.25) is 5.02 Å². The molecule has 0 aromatic carbocycles. The molecule has 2 heterocycles. The van der Waals surface area contributed by atoms with Gasteiger partial charge in [0.2, 0.25) is 0 Å². The Labute approximate surface area is 115 Å². The van der Waals surface area contributed by atoms with E-state index in [9.17, 15) is 4.79 Å². The summed E-state index contributed by atoms with van der Waals surface area (Å²) in [6, 6.07) is 1.81. The Morgan fingerprint density at radius 3 is 2.88 bits per heavy atom. The predicted octanol–water partition coefficient (Wildman–Crippen LogP) is 3.79. The molecule has 3 nitrogen and oxygen atoms in total. The third-order valence-corrected chi connectivity index (χ3v) is 4.70. The lowest BCUT2D eigenvalue weighted by Crippen LogP contribution is -2.12. The molecule has 3 rings (SSSR count). The van der Waals surface area contributed by atoms with Gasteiger partial charge in [-0.15, -0.1) is 11.3 Å². The lowest BCUT2D eigenvalue weighted by atomic mass is 10.3. The Hall–Kier alpha value is -0.650. The van der Waals surface area contributed by atoms with Gasteiger partial charge in [0.05, 0.1) is 15.6 Å². The maximum absolute atomic E-state index is 11.8. The van der Waals surface area contributed by atoms with Crippen molar-refractivity contribution in [2.45, 2.75) is 18.8 Å². The van der Waals surface area contributed by atoms with E-state index in [1.807, 2.05) is 11.4 Å². The topological polar surface area (TPSA) is 45.8 Å². The van der Waals surface area contributed by atoms with E-state index < -0.39 is 0 Å². The second-order valence-electron chi connectivity index (χ2n) is 4.02. The van der Waals surface area contributed by atoms with Crippen molar-refractivity contribution in [2.24, 2.45) is 0 Å². The fourth-order valence-electron chi connectivity index (χ4n) is 1.66. The summed E-state index contributed by atoms with van der Waals surface area (Å²) in [5.41, 5.74) is 0.745. The minimum absolute atomic E-state index is 0.124. The highest BCUT2D eigenvalue weighted by Gasteiger charge is 2.29. The molecule has 2 aromatic rings. The van der Waals surface area contributed by atoms with Gasteiger partial charge in [-0.2, -0.15) is 0 Å². The normalized spacial score (nSPS) is 15.2. The van der Waals surface area contributed by atoms with Gasteiger partial charge in [-0.25, -0.2) is 4.98 Å². The quantitative estimate of drug-likeness (QED) is 0.910. The van der Waals surface area contributed by atoms with E-state index in [0.717, 1.165) is 23.4 Å². The molecular formula is C11H8BrClN2OS. The first-order valence-electron chi connectivity index (χ1n) is 5.19. The molecule has 1 aliphatic carbocycles. The Bertz CT molecular complexity index is 633. The SMILES string of the molecule is O=c1[nH]c(-c2cc(Cl)cs2)nc(C2CC2)c1Br. The number of aromatic nitrogens is 2. The highest BCUT2D eigenvalue weighted by molar-refractivity contribution is 9.10. The summed E-state index contributed by atoms with van der Waals surface area (Å²) in [5.74, 6) is 1.04. The van der Waals surface area contributed by atoms with Crippen molar-refractivity contribution in [2.75, 3.05) is 0 Å². The first kappa shape index (κ1) is 11.4. The number of hydrogen-bond acceptors (Lipinski definition) is 3. The van der Waals surface area contributed by atoms with Crippen LogP contribution in [0.3, 0.4) is 0 Å². The van der Waals surface area contributed by atoms with Gasteiger partial charge in [-0.3, -0.25) is 4.79 Å². The van der Waals surface area contributed by atoms with Crippen LogP contribution < -0.4 is 5.56 Å². The van der Waals surface area contributed by atoms with Crippen LogP contribution in [0.25, 0.3) is 10.7 Å². The maximum Gasteiger partial charge on any atom is 0.265 e. The molecule has 0 radical (unpaired) electrons. The van der Waals surface area contributed by atoms with Gasteiger partial charge in [0, 0.05) is 11.3 Å². The van der Waals surface area contributed by atoms with E-state index in [4.69, 9.17) is 11.6 Å². The molecular weight excluding hydrogens is 324 g/mol. The first-order valence-corrected chi connectivity index (χ1v) is 7.24. The highest BCUT2D eigenvalue weighted by atomic mass is 79.9. The molecule has 0 bridgehead atoms. The summed E-state index contributed by atoms with van der Waals surface area (Å²) >= 11 is 10.7. The Morgan fingerprint density at radius 1 is 1.53 bits per heavy atom.